The predicted molar refractivity (Wildman–Crippen MR) is 129 cm³/mol. The van der Waals surface area contributed by atoms with Crippen molar-refractivity contribution in [1.29, 1.82) is 5.41 Å². The van der Waals surface area contributed by atoms with Crippen LogP contribution < -0.4 is 10.6 Å². The van der Waals surface area contributed by atoms with Crippen LogP contribution in [-0.4, -0.2) is 47.7 Å². The molecule has 0 bridgehead atoms. The monoisotopic (exact) mass is 494 g/mol. The lowest BCUT2D eigenvalue weighted by molar-refractivity contribution is -0.137. The van der Waals surface area contributed by atoms with Gasteiger partial charge in [0.25, 0.3) is 0 Å². The number of carbonyl (C=O) groups excluding carboxylic acids is 2. The maximum atomic E-state index is 13.3. The van der Waals surface area contributed by atoms with Gasteiger partial charge in [0.1, 0.15) is 6.04 Å². The molecule has 1 aromatic carbocycles. The van der Waals surface area contributed by atoms with Crippen molar-refractivity contribution in [3.63, 3.8) is 0 Å². The van der Waals surface area contributed by atoms with Crippen LogP contribution in [0.25, 0.3) is 0 Å². The second kappa shape index (κ2) is 11.9. The highest BCUT2D eigenvalue weighted by molar-refractivity contribution is 5.90. The van der Waals surface area contributed by atoms with E-state index in [0.717, 1.165) is 70.0 Å². The molecule has 35 heavy (non-hydrogen) atoms. The van der Waals surface area contributed by atoms with Crippen molar-refractivity contribution >= 4 is 17.6 Å². The van der Waals surface area contributed by atoms with Gasteiger partial charge in [-0.15, -0.1) is 0 Å². The van der Waals surface area contributed by atoms with Crippen LogP contribution in [0.1, 0.15) is 82.3 Å². The highest BCUT2D eigenvalue weighted by atomic mass is 19.4. The average molecular weight is 495 g/mol. The topological polar surface area (TPSA) is 85.3 Å². The van der Waals surface area contributed by atoms with Crippen molar-refractivity contribution in [3.8, 4) is 0 Å². The maximum absolute atomic E-state index is 13.3. The lowest BCUT2D eigenvalue weighted by atomic mass is 9.83. The third kappa shape index (κ3) is 7.21. The minimum atomic E-state index is -4.49. The molecule has 2 amide bonds. The minimum absolute atomic E-state index is 0.00616. The Kier molecular flexibility index (Phi) is 9.19. The number of amidine groups is 1. The summed E-state index contributed by atoms with van der Waals surface area (Å²) in [7, 11) is 0. The third-order valence-electron chi connectivity index (χ3n) is 7.38. The average Bonchev–Trinajstić information content (AvgIpc) is 2.85. The molecule has 0 radical (unpaired) electrons. The highest BCUT2D eigenvalue weighted by Crippen LogP contribution is 2.32. The van der Waals surface area contributed by atoms with E-state index >= 15 is 0 Å². The van der Waals surface area contributed by atoms with E-state index in [1.165, 1.54) is 12.1 Å². The van der Waals surface area contributed by atoms with Gasteiger partial charge in [-0.1, -0.05) is 37.5 Å². The van der Waals surface area contributed by atoms with Gasteiger partial charge >= 0.3 is 6.18 Å². The van der Waals surface area contributed by atoms with Gasteiger partial charge in [0.15, 0.2) is 0 Å². The lowest BCUT2D eigenvalue weighted by Gasteiger charge is -2.37. The molecule has 1 aliphatic heterocycles. The zero-order chi connectivity index (χ0) is 25.6. The molecule has 2 fully saturated rings. The first-order chi connectivity index (χ1) is 16.6. The molecular weight excluding hydrogens is 457 g/mol. The molecule has 1 aliphatic carbocycles. The molecule has 3 rings (SSSR count). The molecule has 2 unspecified atom stereocenters. The van der Waals surface area contributed by atoms with Crippen LogP contribution in [0.15, 0.2) is 24.3 Å². The zero-order valence-corrected chi connectivity index (χ0v) is 20.6. The first-order valence-corrected chi connectivity index (χ1v) is 12.6. The molecule has 3 atom stereocenters. The number of piperidine rings is 1. The number of amides is 2. The van der Waals surface area contributed by atoms with Gasteiger partial charge < -0.3 is 15.5 Å². The van der Waals surface area contributed by atoms with Gasteiger partial charge in [0.2, 0.25) is 11.8 Å². The standard InChI is InChI=1S/C26H37F3N4O2/c1-17(20-11-8-12-21(15-20)26(27,28)29)24(34)32-23(19-9-4-3-5-10-19)25(35)31-16-22-13-6-7-14-33(22)18(2)30/h8,11-12,15,17,19,22-23,30H,3-7,9-10,13-14,16H2,1-2H3,(H,31,35)(H,32,34)/t17?,22-,23?/m0/s1. The van der Waals surface area contributed by atoms with Crippen molar-refractivity contribution in [2.45, 2.75) is 89.4 Å². The molecule has 1 saturated heterocycles. The number of benzene rings is 1. The lowest BCUT2D eigenvalue weighted by Crippen LogP contribution is -2.55. The van der Waals surface area contributed by atoms with E-state index in [2.05, 4.69) is 10.6 Å². The van der Waals surface area contributed by atoms with Crippen molar-refractivity contribution in [2.75, 3.05) is 13.1 Å². The number of likely N-dealkylation sites (tertiary alicyclic amines) is 1. The number of nitrogens with one attached hydrogen (secondary N) is 3. The summed E-state index contributed by atoms with van der Waals surface area (Å²) in [5.41, 5.74) is -0.533. The van der Waals surface area contributed by atoms with E-state index in [-0.39, 0.29) is 23.4 Å². The Hall–Kier alpha value is -2.58. The maximum Gasteiger partial charge on any atom is 0.416 e. The summed E-state index contributed by atoms with van der Waals surface area (Å²) in [5, 5.41) is 13.9. The Morgan fingerprint density at radius 2 is 1.77 bits per heavy atom. The highest BCUT2D eigenvalue weighted by Gasteiger charge is 2.34. The molecule has 9 heteroatoms. The van der Waals surface area contributed by atoms with E-state index in [1.54, 1.807) is 13.8 Å². The van der Waals surface area contributed by atoms with Crippen LogP contribution in [0.2, 0.25) is 0 Å². The fraction of sp³-hybridized carbons (Fsp3) is 0.654. The van der Waals surface area contributed by atoms with Crippen molar-refractivity contribution in [1.82, 2.24) is 15.5 Å². The second-order valence-corrected chi connectivity index (χ2v) is 9.90. The predicted octanol–water partition coefficient (Wildman–Crippen LogP) is 4.84. The summed E-state index contributed by atoms with van der Waals surface area (Å²) in [6, 6.07) is 4.11. The second-order valence-electron chi connectivity index (χ2n) is 9.90. The van der Waals surface area contributed by atoms with Crippen molar-refractivity contribution < 1.29 is 22.8 Å². The van der Waals surface area contributed by atoms with Crippen LogP contribution >= 0.6 is 0 Å². The molecule has 194 valence electrons. The molecule has 0 aromatic heterocycles. The van der Waals surface area contributed by atoms with Crippen molar-refractivity contribution in [2.24, 2.45) is 5.92 Å². The van der Waals surface area contributed by atoms with Crippen LogP contribution in [0, 0.1) is 11.3 Å². The molecule has 3 N–H and O–H groups in total. The number of rotatable bonds is 7. The number of hydrogen-bond donors (Lipinski definition) is 3. The molecule has 1 aromatic rings. The zero-order valence-electron chi connectivity index (χ0n) is 20.6. The van der Waals surface area contributed by atoms with Gasteiger partial charge in [-0.3, -0.25) is 15.0 Å². The van der Waals surface area contributed by atoms with E-state index in [0.29, 0.717) is 12.4 Å². The largest absolute Gasteiger partial charge is 0.416 e. The summed E-state index contributed by atoms with van der Waals surface area (Å²) in [6.07, 6.45) is 3.18. The van der Waals surface area contributed by atoms with E-state index in [1.807, 2.05) is 4.90 Å². The Morgan fingerprint density at radius 1 is 1.09 bits per heavy atom. The quantitative estimate of drug-likeness (QED) is 0.375. The number of halogens is 3. The number of alkyl halides is 3. The number of nitrogens with zero attached hydrogens (tertiary/aromatic N) is 1. The van der Waals surface area contributed by atoms with Crippen LogP contribution in [0.3, 0.4) is 0 Å². The Bertz CT molecular complexity index is 899. The third-order valence-corrected chi connectivity index (χ3v) is 7.38. The fourth-order valence-corrected chi connectivity index (χ4v) is 5.26. The van der Waals surface area contributed by atoms with Crippen molar-refractivity contribution in [3.05, 3.63) is 35.4 Å². The number of carbonyl (C=O) groups is 2. The van der Waals surface area contributed by atoms with E-state index in [4.69, 9.17) is 5.41 Å². The Labute approximate surface area is 205 Å². The van der Waals surface area contributed by atoms with Crippen LogP contribution in [0.4, 0.5) is 13.2 Å². The molecule has 2 aliphatic rings. The normalized spacial score (nSPS) is 21.2. The summed E-state index contributed by atoms with van der Waals surface area (Å²) in [6.45, 7) is 4.51. The molecular formula is C26H37F3N4O2. The summed E-state index contributed by atoms with van der Waals surface area (Å²) in [4.78, 5) is 28.4. The fourth-order valence-electron chi connectivity index (χ4n) is 5.26. The smallest absolute Gasteiger partial charge is 0.356 e. The molecule has 1 heterocycles. The molecule has 0 spiro atoms. The number of hydrogen-bond acceptors (Lipinski definition) is 3. The SMILES string of the molecule is CC(=N)N1CCCC[C@H]1CNC(=O)C(NC(=O)C(C)c1cccc(C(F)(F)F)c1)C1CCCCC1. The summed E-state index contributed by atoms with van der Waals surface area (Å²) < 4.78 is 39.4. The van der Waals surface area contributed by atoms with Crippen LogP contribution in [-0.2, 0) is 15.8 Å². The van der Waals surface area contributed by atoms with Gasteiger partial charge in [0, 0.05) is 19.1 Å². The van der Waals surface area contributed by atoms with Gasteiger partial charge in [-0.2, -0.15) is 13.2 Å². The first-order valence-electron chi connectivity index (χ1n) is 12.6. The molecule has 1 saturated carbocycles. The molecule has 6 nitrogen and oxygen atoms in total. The summed E-state index contributed by atoms with van der Waals surface area (Å²) >= 11 is 0. The van der Waals surface area contributed by atoms with Gasteiger partial charge in [-0.25, -0.2) is 0 Å². The van der Waals surface area contributed by atoms with Crippen LogP contribution in [0.5, 0.6) is 0 Å². The summed E-state index contributed by atoms with van der Waals surface area (Å²) in [5.74, 6) is -1.06. The van der Waals surface area contributed by atoms with Gasteiger partial charge in [0.05, 0.1) is 17.3 Å². The Morgan fingerprint density at radius 3 is 2.43 bits per heavy atom. The van der Waals surface area contributed by atoms with E-state index < -0.39 is 29.6 Å². The minimum Gasteiger partial charge on any atom is -0.356 e. The van der Waals surface area contributed by atoms with E-state index in [9.17, 15) is 22.8 Å². The first kappa shape index (κ1) is 27.0. The van der Waals surface area contributed by atoms with Gasteiger partial charge in [-0.05, 0) is 63.5 Å². The Balaban J connectivity index is 1.70.